The third-order valence-corrected chi connectivity index (χ3v) is 5.57. The van der Waals surface area contributed by atoms with Crippen molar-refractivity contribution < 1.29 is 24.5 Å². The Morgan fingerprint density at radius 2 is 1.89 bits per heavy atom. The molecule has 1 amide bonds. The Morgan fingerprint density at radius 1 is 1.21 bits per heavy atom. The number of carbonyl (C=O) groups excluding carboxylic acids is 1. The van der Waals surface area contributed by atoms with E-state index in [9.17, 15) is 15.0 Å². The Morgan fingerprint density at radius 3 is 2.50 bits per heavy atom. The summed E-state index contributed by atoms with van der Waals surface area (Å²) in [6.45, 7) is 11.3. The van der Waals surface area contributed by atoms with E-state index in [1.54, 1.807) is 7.11 Å². The van der Waals surface area contributed by atoms with Gasteiger partial charge < -0.3 is 25.0 Å². The van der Waals surface area contributed by atoms with Crippen LogP contribution in [0.2, 0.25) is 0 Å². The second kappa shape index (κ2) is 11.0. The molecule has 0 atom stereocenters. The van der Waals surface area contributed by atoms with Crippen LogP contribution in [0.25, 0.3) is 0 Å². The molecule has 3 N–H and O–H groups in total. The molecule has 7 nitrogen and oxygen atoms in total. The van der Waals surface area contributed by atoms with Gasteiger partial charge in [-0.05, 0) is 46.3 Å². The Hall–Kier alpha value is -1.38. The molecule has 8 heteroatoms. The molecule has 1 heterocycles. The lowest BCUT2D eigenvalue weighted by molar-refractivity contribution is -0.121. The lowest BCUT2D eigenvalue weighted by atomic mass is 10.0. The van der Waals surface area contributed by atoms with Gasteiger partial charge in [0.2, 0.25) is 11.8 Å². The van der Waals surface area contributed by atoms with Crippen molar-refractivity contribution in [2.45, 2.75) is 76.5 Å². The third kappa shape index (κ3) is 8.32. The van der Waals surface area contributed by atoms with Gasteiger partial charge in [0.1, 0.15) is 0 Å². The Bertz CT molecular complexity index is 628. The highest BCUT2D eigenvalue weighted by Gasteiger charge is 2.22. The number of hydrogen-bond acceptors (Lipinski definition) is 6. The van der Waals surface area contributed by atoms with Crippen LogP contribution >= 0.6 is 11.8 Å². The van der Waals surface area contributed by atoms with E-state index in [1.807, 2.05) is 34.6 Å². The summed E-state index contributed by atoms with van der Waals surface area (Å²) in [6, 6.07) is 1.52. The van der Waals surface area contributed by atoms with Crippen LogP contribution in [0.3, 0.4) is 0 Å². The number of hydrogen-bond donors (Lipinski definition) is 3. The van der Waals surface area contributed by atoms with Crippen LogP contribution in [0.1, 0.15) is 53.9 Å². The Balaban J connectivity index is 2.35. The molecule has 162 valence electrons. The summed E-state index contributed by atoms with van der Waals surface area (Å²) in [5.74, 6) is 0.632. The fourth-order valence-electron chi connectivity index (χ4n) is 2.54. The first-order valence-electron chi connectivity index (χ1n) is 9.71. The van der Waals surface area contributed by atoms with Crippen molar-refractivity contribution in [3.8, 4) is 11.8 Å². The molecule has 28 heavy (non-hydrogen) atoms. The predicted octanol–water partition coefficient (Wildman–Crippen LogP) is 3.52. The van der Waals surface area contributed by atoms with E-state index in [0.29, 0.717) is 24.5 Å². The molecule has 0 aliphatic heterocycles. The fraction of sp³-hybridized carbons (Fsp3) is 0.750. The van der Waals surface area contributed by atoms with E-state index in [0.717, 1.165) is 12.2 Å². The van der Waals surface area contributed by atoms with Crippen LogP contribution < -0.4 is 5.32 Å². The molecule has 0 fully saturated rings. The van der Waals surface area contributed by atoms with Gasteiger partial charge in [-0.25, -0.2) is 0 Å². The van der Waals surface area contributed by atoms with Crippen molar-refractivity contribution in [1.82, 2.24) is 9.88 Å². The second-order valence-corrected chi connectivity index (χ2v) is 9.25. The number of amides is 1. The van der Waals surface area contributed by atoms with Gasteiger partial charge in [-0.2, -0.15) is 0 Å². The minimum Gasteiger partial charge on any atom is -0.494 e. The number of rotatable bonds is 13. The first-order valence-corrected chi connectivity index (χ1v) is 10.7. The first-order chi connectivity index (χ1) is 13.0. The summed E-state index contributed by atoms with van der Waals surface area (Å²) < 4.78 is 12.7. The van der Waals surface area contributed by atoms with Gasteiger partial charge in [0.05, 0.1) is 22.7 Å². The molecular weight excluding hydrogens is 380 g/mol. The maximum absolute atomic E-state index is 12.1. The van der Waals surface area contributed by atoms with Crippen molar-refractivity contribution in [1.29, 1.82) is 0 Å². The molecule has 0 radical (unpaired) electrons. The minimum atomic E-state index is -0.347. The summed E-state index contributed by atoms with van der Waals surface area (Å²) >= 11 is 1.44. The number of methoxy groups -OCH3 is 1. The highest BCUT2D eigenvalue weighted by molar-refractivity contribution is 7.99. The van der Waals surface area contributed by atoms with Gasteiger partial charge in [-0.15, -0.1) is 11.8 Å². The van der Waals surface area contributed by atoms with E-state index < -0.39 is 0 Å². The largest absolute Gasteiger partial charge is 0.494 e. The van der Waals surface area contributed by atoms with Crippen LogP contribution in [-0.2, 0) is 20.8 Å². The van der Waals surface area contributed by atoms with Crippen LogP contribution in [0, 0.1) is 0 Å². The summed E-state index contributed by atoms with van der Waals surface area (Å²) in [7, 11) is 1.69. The molecule has 1 aromatic heterocycles. The number of nitrogens with zero attached hydrogens (tertiary/aromatic N) is 1. The molecular formula is C20H36N2O5S. The maximum atomic E-state index is 12.1. The topological polar surface area (TPSA) is 93.0 Å². The van der Waals surface area contributed by atoms with Gasteiger partial charge in [0, 0.05) is 32.7 Å². The highest BCUT2D eigenvalue weighted by Crippen LogP contribution is 2.35. The zero-order chi connectivity index (χ0) is 21.4. The van der Waals surface area contributed by atoms with Crippen molar-refractivity contribution in [2.24, 2.45) is 0 Å². The number of carbonyl (C=O) groups is 1. The molecule has 1 rings (SSSR count). The lowest BCUT2D eigenvalue weighted by Gasteiger charge is -2.29. The van der Waals surface area contributed by atoms with Crippen molar-refractivity contribution >= 4 is 17.7 Å². The Labute approximate surface area is 172 Å². The quantitative estimate of drug-likeness (QED) is 0.426. The van der Waals surface area contributed by atoms with E-state index in [-0.39, 0.29) is 41.8 Å². The normalized spacial score (nSPS) is 12.4. The van der Waals surface area contributed by atoms with Gasteiger partial charge in [0.15, 0.2) is 5.88 Å². The standard InChI is InChI=1S/C20H36N2O5S/c1-7-28-15-14-17(24)22(18(15)25)12-8-16(23)21-11-9-20(4,5)27-13-10-19(2,3)26-6/h14,24-25H,7-13H2,1-6H3,(H,21,23). The molecule has 0 bridgehead atoms. The summed E-state index contributed by atoms with van der Waals surface area (Å²) in [5.41, 5.74) is -0.560. The van der Waals surface area contributed by atoms with Crippen molar-refractivity contribution in [2.75, 3.05) is 26.0 Å². The molecule has 0 aromatic carbocycles. The first kappa shape index (κ1) is 24.7. The third-order valence-electron chi connectivity index (χ3n) is 4.67. The van der Waals surface area contributed by atoms with E-state index >= 15 is 0 Å². The van der Waals surface area contributed by atoms with Crippen LogP contribution in [0.4, 0.5) is 0 Å². The number of ether oxygens (including phenoxy) is 2. The average Bonchev–Trinajstić information content (AvgIpc) is 2.86. The van der Waals surface area contributed by atoms with Crippen molar-refractivity contribution in [3.63, 3.8) is 0 Å². The number of nitrogens with one attached hydrogen (secondary N) is 1. The molecule has 0 saturated heterocycles. The zero-order valence-electron chi connectivity index (χ0n) is 18.0. The van der Waals surface area contributed by atoms with Crippen molar-refractivity contribution in [3.05, 3.63) is 6.07 Å². The maximum Gasteiger partial charge on any atom is 0.221 e. The second-order valence-electron chi connectivity index (χ2n) is 7.95. The summed E-state index contributed by atoms with van der Waals surface area (Å²) in [5, 5.41) is 22.9. The Kier molecular flexibility index (Phi) is 9.66. The smallest absolute Gasteiger partial charge is 0.221 e. The fourth-order valence-corrected chi connectivity index (χ4v) is 3.27. The predicted molar refractivity (Wildman–Crippen MR) is 112 cm³/mol. The minimum absolute atomic E-state index is 0.00525. The average molecular weight is 417 g/mol. The van der Waals surface area contributed by atoms with E-state index in [1.165, 1.54) is 22.4 Å². The molecule has 0 saturated carbocycles. The molecule has 1 aromatic rings. The van der Waals surface area contributed by atoms with Crippen LogP contribution in [0.5, 0.6) is 11.8 Å². The zero-order valence-corrected chi connectivity index (χ0v) is 18.8. The van der Waals surface area contributed by atoms with Crippen LogP contribution in [0.15, 0.2) is 11.0 Å². The van der Waals surface area contributed by atoms with Gasteiger partial charge >= 0.3 is 0 Å². The van der Waals surface area contributed by atoms with Crippen LogP contribution in [-0.4, -0.2) is 57.9 Å². The SMILES string of the molecule is CCSc1cc(O)n(CCC(=O)NCCC(C)(C)OCCC(C)(C)OC)c1O. The van der Waals surface area contributed by atoms with Gasteiger partial charge in [-0.1, -0.05) is 6.92 Å². The summed E-state index contributed by atoms with van der Waals surface area (Å²) in [6.07, 6.45) is 1.65. The number of thioether (sulfide) groups is 1. The molecule has 0 aliphatic rings. The molecule has 0 aliphatic carbocycles. The monoisotopic (exact) mass is 416 g/mol. The van der Waals surface area contributed by atoms with E-state index in [4.69, 9.17) is 9.47 Å². The molecule has 0 spiro atoms. The lowest BCUT2D eigenvalue weighted by Crippen LogP contribution is -2.34. The molecule has 0 unspecified atom stereocenters. The number of aromatic hydroxyl groups is 2. The van der Waals surface area contributed by atoms with E-state index in [2.05, 4.69) is 5.32 Å². The number of aromatic nitrogens is 1. The van der Waals surface area contributed by atoms with Gasteiger partial charge in [-0.3, -0.25) is 9.36 Å². The van der Waals surface area contributed by atoms with Gasteiger partial charge in [0.25, 0.3) is 0 Å². The summed E-state index contributed by atoms with van der Waals surface area (Å²) in [4.78, 5) is 12.7. The highest BCUT2D eigenvalue weighted by atomic mass is 32.2.